The number of carbonyl (C=O) groups excluding carboxylic acids is 1. The van der Waals surface area contributed by atoms with Crippen LogP contribution in [0.1, 0.15) is 19.3 Å². The zero-order valence-electron chi connectivity index (χ0n) is 7.76. The zero-order chi connectivity index (χ0) is 7.82. The summed E-state index contributed by atoms with van der Waals surface area (Å²) in [4.78, 5) is 8.33. The largest absolute Gasteiger partial charge is 1.00 e. The molecule has 0 aromatic heterocycles. The van der Waals surface area contributed by atoms with Crippen LogP contribution in [-0.2, 0) is 0 Å². The molecule has 0 aliphatic carbocycles. The number of hydrogen-bond donors (Lipinski definition) is 1. The van der Waals surface area contributed by atoms with Gasteiger partial charge in [-0.15, -0.1) is 0 Å². The third-order valence-corrected chi connectivity index (χ3v) is 1.21. The fraction of sp³-hybridized carbons (Fsp3) is 0.833. The third kappa shape index (κ3) is 23.3. The molecule has 0 atom stereocenters. The van der Waals surface area contributed by atoms with Crippen molar-refractivity contribution in [1.82, 2.24) is 5.32 Å². The molecule has 1 N–H and O–H groups in total. The van der Waals surface area contributed by atoms with Gasteiger partial charge in [0.05, 0.1) is 0 Å². The van der Waals surface area contributed by atoms with Crippen molar-refractivity contribution in [2.24, 2.45) is 0 Å². The maximum absolute atomic E-state index is 8.33. The van der Waals surface area contributed by atoms with Crippen LogP contribution in [0.15, 0.2) is 0 Å². The molecule has 1 aliphatic rings. The van der Waals surface area contributed by atoms with Crippen molar-refractivity contribution in [2.75, 3.05) is 13.1 Å². The fourth-order valence-corrected chi connectivity index (χ4v) is 0.802. The molecule has 60 valence electrons. The Morgan fingerprint density at radius 1 is 1.00 bits per heavy atom. The van der Waals surface area contributed by atoms with E-state index in [2.05, 4.69) is 5.32 Å². The van der Waals surface area contributed by atoms with Crippen molar-refractivity contribution in [3.05, 3.63) is 0 Å². The van der Waals surface area contributed by atoms with Gasteiger partial charge in [-0.25, -0.2) is 0 Å². The average molecular weight is 411 g/mol. The van der Waals surface area contributed by atoms with Crippen molar-refractivity contribution in [3.63, 3.8) is 0 Å². The molecule has 0 aromatic rings. The molecule has 0 amide bonds. The maximum Gasteiger partial charge on any atom is 1.00 e. The summed E-state index contributed by atoms with van der Waals surface area (Å²) in [6, 6.07) is 0. The predicted molar refractivity (Wildman–Crippen MR) is 32.1 cm³/mol. The summed E-state index contributed by atoms with van der Waals surface area (Å²) in [6.07, 6.45) is 1.88. The van der Waals surface area contributed by atoms with Gasteiger partial charge < -0.3 is 20.3 Å². The molecule has 1 fully saturated rings. The van der Waals surface area contributed by atoms with Crippen molar-refractivity contribution in [2.45, 2.75) is 19.3 Å². The number of rotatable bonds is 0. The van der Waals surface area contributed by atoms with Crippen LogP contribution in [0.2, 0.25) is 0 Å². The van der Waals surface area contributed by atoms with E-state index in [1.165, 1.54) is 32.4 Å². The summed E-state index contributed by atoms with van der Waals surface area (Å²) in [7, 11) is 0. The molecule has 0 bridgehead atoms. The van der Waals surface area contributed by atoms with Crippen LogP contribution >= 0.6 is 0 Å². The molecular weight excluding hydrogens is 400 g/mol. The van der Waals surface area contributed by atoms with Crippen molar-refractivity contribution >= 4 is 6.16 Å². The first-order chi connectivity index (χ1) is 4.73. The number of piperidine rings is 1. The molecule has 0 radical (unpaired) electrons. The van der Waals surface area contributed by atoms with Gasteiger partial charge in [0.2, 0.25) is 0 Å². The van der Waals surface area contributed by atoms with E-state index < -0.39 is 6.16 Å². The molecule has 0 saturated carbocycles. The summed E-state index contributed by atoms with van der Waals surface area (Å²) in [5.74, 6) is 0. The van der Waals surface area contributed by atoms with Crippen molar-refractivity contribution in [1.29, 1.82) is 0 Å². The average Bonchev–Trinajstić information content (AvgIpc) is 1.90. The quantitative estimate of drug-likeness (QED) is 0.430. The molecular formula is C6H11Cs2NO3. The molecule has 0 aromatic carbocycles. The first-order valence-electron chi connectivity index (χ1n) is 3.32. The molecule has 1 rings (SSSR count). The van der Waals surface area contributed by atoms with E-state index >= 15 is 0 Å². The van der Waals surface area contributed by atoms with Crippen LogP contribution in [0.3, 0.4) is 0 Å². The summed E-state index contributed by atoms with van der Waals surface area (Å²) in [5, 5.41) is 20.0. The van der Waals surface area contributed by atoms with E-state index in [1.54, 1.807) is 0 Å². The smallest absolute Gasteiger partial charge is 0.652 e. The standard InChI is InChI=1S/C5H11N.CH2O3.2Cs/c1-2-4-6-5-3-1;2-1(3)4;;/h6H,1-5H2;(H2,2,3,4);;/q;;2*+1/p-2. The normalized spacial score (nSPS) is 14.0. The molecule has 4 nitrogen and oxygen atoms in total. The molecule has 12 heavy (non-hydrogen) atoms. The number of nitrogens with one attached hydrogen (secondary N) is 1. The SMILES string of the molecule is C1CCNCC1.O=C([O-])[O-].[Cs+].[Cs+]. The van der Waals surface area contributed by atoms with Gasteiger partial charge in [0, 0.05) is 0 Å². The van der Waals surface area contributed by atoms with E-state index in [-0.39, 0.29) is 138 Å². The second-order valence-electron chi connectivity index (χ2n) is 2.06. The minimum absolute atomic E-state index is 0. The summed E-state index contributed by atoms with van der Waals surface area (Å²) < 4.78 is 0. The monoisotopic (exact) mass is 411 g/mol. The molecule has 1 aliphatic heterocycles. The maximum atomic E-state index is 8.33. The van der Waals surface area contributed by atoms with Crippen LogP contribution in [0, 0.1) is 0 Å². The van der Waals surface area contributed by atoms with Gasteiger partial charge in [0.15, 0.2) is 0 Å². The number of hydrogen-bond acceptors (Lipinski definition) is 4. The Morgan fingerprint density at radius 2 is 1.33 bits per heavy atom. The molecule has 0 unspecified atom stereocenters. The van der Waals surface area contributed by atoms with E-state index in [0.29, 0.717) is 0 Å². The first-order valence-corrected chi connectivity index (χ1v) is 3.32. The molecule has 1 heterocycles. The molecule has 6 heteroatoms. The first kappa shape index (κ1) is 20.7. The van der Waals surface area contributed by atoms with Gasteiger partial charge in [-0.05, 0) is 32.1 Å². The van der Waals surface area contributed by atoms with Crippen LogP contribution < -0.4 is 153 Å². The number of carboxylic acid groups (broad SMARTS) is 2. The van der Waals surface area contributed by atoms with Crippen LogP contribution in [0.25, 0.3) is 0 Å². The van der Waals surface area contributed by atoms with Gasteiger partial charge in [-0.2, -0.15) is 0 Å². The third-order valence-electron chi connectivity index (χ3n) is 1.21. The van der Waals surface area contributed by atoms with Crippen molar-refractivity contribution in [3.8, 4) is 0 Å². The van der Waals surface area contributed by atoms with Gasteiger partial charge in [-0.1, -0.05) is 6.42 Å². The van der Waals surface area contributed by atoms with Gasteiger partial charge in [0.25, 0.3) is 0 Å². The zero-order valence-corrected chi connectivity index (χ0v) is 20.3. The van der Waals surface area contributed by atoms with E-state index in [0.717, 1.165) is 0 Å². The van der Waals surface area contributed by atoms with Crippen LogP contribution in [-0.4, -0.2) is 19.2 Å². The second-order valence-corrected chi connectivity index (χ2v) is 2.06. The van der Waals surface area contributed by atoms with Crippen molar-refractivity contribution < 1.29 is 153 Å². The summed E-state index contributed by atoms with van der Waals surface area (Å²) in [5.41, 5.74) is 0. The Hall–Kier alpha value is 3.33. The van der Waals surface area contributed by atoms with Gasteiger partial charge in [0.1, 0.15) is 0 Å². The summed E-state index contributed by atoms with van der Waals surface area (Å²) >= 11 is 0. The minimum atomic E-state index is -2.33. The Kier molecular flexibility index (Phi) is 28.9. The fourth-order valence-electron chi connectivity index (χ4n) is 0.802. The van der Waals surface area contributed by atoms with E-state index in [4.69, 9.17) is 15.0 Å². The Morgan fingerprint density at radius 3 is 1.42 bits per heavy atom. The Bertz CT molecular complexity index is 83.3. The Balaban J connectivity index is -0.000000124. The van der Waals surface area contributed by atoms with Crippen LogP contribution in [0.4, 0.5) is 4.79 Å². The van der Waals surface area contributed by atoms with E-state index in [1.807, 2.05) is 0 Å². The van der Waals surface area contributed by atoms with E-state index in [9.17, 15) is 0 Å². The number of carbonyl (C=O) groups is 1. The van der Waals surface area contributed by atoms with Crippen LogP contribution in [0.5, 0.6) is 0 Å². The van der Waals surface area contributed by atoms with Gasteiger partial charge in [-0.3, -0.25) is 0 Å². The topological polar surface area (TPSA) is 75.2 Å². The predicted octanol–water partition coefficient (Wildman–Crippen LogP) is -7.68. The van der Waals surface area contributed by atoms with Gasteiger partial charge >= 0.3 is 138 Å². The second kappa shape index (κ2) is 16.8. The Labute approximate surface area is 190 Å². The summed E-state index contributed by atoms with van der Waals surface area (Å²) in [6.45, 7) is 2.50. The molecule has 1 saturated heterocycles. The minimum Gasteiger partial charge on any atom is -0.652 e. The molecule has 0 spiro atoms.